The van der Waals surface area contributed by atoms with Gasteiger partial charge in [-0.1, -0.05) is 60.7 Å². The van der Waals surface area contributed by atoms with Crippen LogP contribution in [0, 0.1) is 0 Å². The van der Waals surface area contributed by atoms with Gasteiger partial charge in [-0.25, -0.2) is 17.9 Å². The van der Waals surface area contributed by atoms with Crippen LogP contribution in [0.1, 0.15) is 29.5 Å². The molecule has 1 atom stereocenters. The summed E-state index contributed by atoms with van der Waals surface area (Å²) < 4.78 is 33.2. The number of nitrogens with zero attached hydrogens (tertiary/aromatic N) is 1. The molecule has 1 aliphatic carbocycles. The number of carbonyl (C=O) groups is 2. The monoisotopic (exact) mass is 533 g/mol. The van der Waals surface area contributed by atoms with E-state index in [1.165, 1.54) is 4.90 Å². The van der Waals surface area contributed by atoms with E-state index in [2.05, 4.69) is 10.0 Å². The maximum Gasteiger partial charge on any atom is 0.329 e. The number of nitrogens with one attached hydrogen (secondary N) is 2. The van der Waals surface area contributed by atoms with Crippen molar-refractivity contribution < 1.29 is 22.7 Å². The molecule has 1 saturated carbocycles. The third kappa shape index (κ3) is 5.52. The Bertz CT molecular complexity index is 1420. The number of amides is 3. The second-order valence-corrected chi connectivity index (χ2v) is 12.0. The SMILES string of the molecule is CN(C(=O)[C@H](Cc1ccccc1)NC(=O)NS(=O)(=O)C1(Cc2ccccc2)CC1)c1ccc2c(c1)CCO2. The molecule has 3 aromatic rings. The van der Waals surface area contributed by atoms with E-state index in [1.807, 2.05) is 72.8 Å². The highest BCUT2D eigenvalue weighted by atomic mass is 32.2. The number of carbonyl (C=O) groups excluding carboxylic acids is 2. The molecule has 0 radical (unpaired) electrons. The molecular weight excluding hydrogens is 502 g/mol. The van der Waals surface area contributed by atoms with Gasteiger partial charge in [0.1, 0.15) is 11.8 Å². The summed E-state index contributed by atoms with van der Waals surface area (Å²) in [5.74, 6) is 0.452. The molecular formula is C29H31N3O5S. The summed E-state index contributed by atoms with van der Waals surface area (Å²) in [6.45, 7) is 0.606. The van der Waals surface area contributed by atoms with Gasteiger partial charge in [-0.3, -0.25) is 4.79 Å². The summed E-state index contributed by atoms with van der Waals surface area (Å²) in [6.07, 6.45) is 2.25. The summed E-state index contributed by atoms with van der Waals surface area (Å²) in [7, 11) is -2.32. The van der Waals surface area contributed by atoms with Crippen LogP contribution in [-0.2, 0) is 34.1 Å². The van der Waals surface area contributed by atoms with Gasteiger partial charge in [0.2, 0.25) is 15.9 Å². The fraction of sp³-hybridized carbons (Fsp3) is 0.310. The average Bonchev–Trinajstić information content (AvgIpc) is 3.56. The standard InChI is InChI=1S/C29H31N3O5S/c1-32(24-12-13-26-23(19-24)14-17-37-26)27(33)25(18-21-8-4-2-5-9-21)30-28(34)31-38(35,36)29(15-16-29)20-22-10-6-3-7-11-22/h2-13,19,25H,14-18,20H2,1H3,(H2,30,31,34)/t25-/m0/s1. The second kappa shape index (κ2) is 10.5. The molecule has 0 bridgehead atoms. The van der Waals surface area contributed by atoms with E-state index < -0.39 is 26.8 Å². The number of rotatable bonds is 9. The van der Waals surface area contributed by atoms with Crippen LogP contribution >= 0.6 is 0 Å². The largest absolute Gasteiger partial charge is 0.493 e. The number of ether oxygens (including phenoxy) is 1. The normalized spacial score (nSPS) is 16.0. The Hall–Kier alpha value is -3.85. The van der Waals surface area contributed by atoms with Crippen molar-refractivity contribution in [3.05, 3.63) is 95.6 Å². The highest BCUT2D eigenvalue weighted by Crippen LogP contribution is 2.45. The molecule has 3 amide bonds. The van der Waals surface area contributed by atoms with Crippen LogP contribution in [0.2, 0.25) is 0 Å². The molecule has 198 valence electrons. The zero-order valence-electron chi connectivity index (χ0n) is 21.2. The molecule has 5 rings (SSSR count). The van der Waals surface area contributed by atoms with Gasteiger partial charge in [-0.15, -0.1) is 0 Å². The van der Waals surface area contributed by atoms with E-state index in [0.717, 1.165) is 28.9 Å². The van der Waals surface area contributed by atoms with Crippen LogP contribution in [0.4, 0.5) is 10.5 Å². The maximum absolute atomic E-state index is 13.6. The number of anilines is 1. The van der Waals surface area contributed by atoms with Gasteiger partial charge >= 0.3 is 6.03 Å². The van der Waals surface area contributed by atoms with Gasteiger partial charge < -0.3 is 15.0 Å². The first-order valence-electron chi connectivity index (χ1n) is 12.7. The first-order valence-corrected chi connectivity index (χ1v) is 14.2. The van der Waals surface area contributed by atoms with Crippen LogP contribution in [0.25, 0.3) is 0 Å². The Morgan fingerprint density at radius 3 is 2.29 bits per heavy atom. The van der Waals surface area contributed by atoms with Crippen molar-refractivity contribution >= 4 is 27.6 Å². The molecule has 0 aromatic heterocycles. The predicted octanol–water partition coefficient (Wildman–Crippen LogP) is 3.60. The lowest BCUT2D eigenvalue weighted by Gasteiger charge is -2.26. The molecule has 0 saturated heterocycles. The Balaban J connectivity index is 1.32. The number of sulfonamides is 1. The van der Waals surface area contributed by atoms with E-state index >= 15 is 0 Å². The van der Waals surface area contributed by atoms with Crippen molar-refractivity contribution in [2.75, 3.05) is 18.6 Å². The Labute approximate surface area is 223 Å². The van der Waals surface area contributed by atoms with Crippen LogP contribution in [0.3, 0.4) is 0 Å². The molecule has 0 spiro atoms. The zero-order chi connectivity index (χ0) is 26.8. The fourth-order valence-corrected chi connectivity index (χ4v) is 6.37. The molecule has 0 unspecified atom stereocenters. The van der Waals surface area contributed by atoms with Crippen LogP contribution in [0.5, 0.6) is 5.75 Å². The molecule has 1 fully saturated rings. The number of fused-ring (bicyclic) bond motifs is 1. The smallest absolute Gasteiger partial charge is 0.329 e. The van der Waals surface area contributed by atoms with Crippen molar-refractivity contribution in [1.82, 2.24) is 10.0 Å². The summed E-state index contributed by atoms with van der Waals surface area (Å²) in [5.41, 5.74) is 3.43. The minimum atomic E-state index is -3.97. The van der Waals surface area contributed by atoms with E-state index in [1.54, 1.807) is 13.1 Å². The van der Waals surface area contributed by atoms with Gasteiger partial charge in [0.05, 0.1) is 11.4 Å². The summed E-state index contributed by atoms with van der Waals surface area (Å²) in [6, 6.07) is 22.3. The van der Waals surface area contributed by atoms with E-state index in [4.69, 9.17) is 4.74 Å². The van der Waals surface area contributed by atoms with Gasteiger partial charge in [0, 0.05) is 25.6 Å². The lowest BCUT2D eigenvalue weighted by atomic mass is 10.0. The van der Waals surface area contributed by atoms with E-state index in [0.29, 0.717) is 31.6 Å². The first-order chi connectivity index (χ1) is 18.3. The molecule has 3 aromatic carbocycles. The fourth-order valence-electron chi connectivity index (χ4n) is 4.86. The second-order valence-electron chi connectivity index (χ2n) is 9.95. The van der Waals surface area contributed by atoms with Crippen LogP contribution < -0.4 is 19.7 Å². The van der Waals surface area contributed by atoms with Gasteiger partial charge in [-0.05, 0) is 54.2 Å². The number of hydrogen-bond donors (Lipinski definition) is 2. The summed E-state index contributed by atoms with van der Waals surface area (Å²) >= 11 is 0. The van der Waals surface area contributed by atoms with Gasteiger partial charge in [0.25, 0.3) is 0 Å². The lowest BCUT2D eigenvalue weighted by molar-refractivity contribution is -0.120. The summed E-state index contributed by atoms with van der Waals surface area (Å²) in [4.78, 5) is 28.1. The van der Waals surface area contributed by atoms with Crippen molar-refractivity contribution in [3.63, 3.8) is 0 Å². The number of urea groups is 1. The zero-order valence-corrected chi connectivity index (χ0v) is 22.0. The molecule has 38 heavy (non-hydrogen) atoms. The average molecular weight is 534 g/mol. The highest BCUT2D eigenvalue weighted by molar-refractivity contribution is 7.91. The number of hydrogen-bond acceptors (Lipinski definition) is 5. The molecule has 2 aliphatic rings. The van der Waals surface area contributed by atoms with Crippen LogP contribution in [0.15, 0.2) is 78.9 Å². The quantitative estimate of drug-likeness (QED) is 0.437. The van der Waals surface area contributed by atoms with Crippen molar-refractivity contribution in [1.29, 1.82) is 0 Å². The van der Waals surface area contributed by atoms with Gasteiger partial charge in [-0.2, -0.15) is 0 Å². The molecule has 9 heteroatoms. The highest BCUT2D eigenvalue weighted by Gasteiger charge is 2.55. The topological polar surface area (TPSA) is 105 Å². The van der Waals surface area contributed by atoms with Crippen molar-refractivity contribution in [2.45, 2.75) is 42.9 Å². The van der Waals surface area contributed by atoms with E-state index in [-0.39, 0.29) is 12.3 Å². The Kier molecular flexibility index (Phi) is 7.12. The lowest BCUT2D eigenvalue weighted by Crippen LogP contribution is -2.54. The minimum Gasteiger partial charge on any atom is -0.493 e. The number of benzene rings is 3. The van der Waals surface area contributed by atoms with Gasteiger partial charge in [0.15, 0.2) is 0 Å². The predicted molar refractivity (Wildman–Crippen MR) is 146 cm³/mol. The molecule has 8 nitrogen and oxygen atoms in total. The molecule has 1 aliphatic heterocycles. The molecule has 2 N–H and O–H groups in total. The Morgan fingerprint density at radius 1 is 0.974 bits per heavy atom. The third-order valence-electron chi connectivity index (χ3n) is 7.25. The summed E-state index contributed by atoms with van der Waals surface area (Å²) in [5, 5.41) is 2.64. The van der Waals surface area contributed by atoms with Crippen LogP contribution in [-0.4, -0.2) is 44.8 Å². The number of likely N-dealkylation sites (N-methyl/N-ethyl adjacent to an activating group) is 1. The maximum atomic E-state index is 13.6. The van der Waals surface area contributed by atoms with E-state index in [9.17, 15) is 18.0 Å². The Morgan fingerprint density at radius 2 is 1.63 bits per heavy atom. The molecule has 1 heterocycles. The minimum absolute atomic E-state index is 0.209. The third-order valence-corrected chi connectivity index (χ3v) is 9.40. The van der Waals surface area contributed by atoms with Crippen molar-refractivity contribution in [3.8, 4) is 5.75 Å². The first kappa shape index (κ1) is 25.8. The van der Waals surface area contributed by atoms with Crippen molar-refractivity contribution in [2.24, 2.45) is 0 Å².